The zero-order chi connectivity index (χ0) is 35.2. The predicted octanol–water partition coefficient (Wildman–Crippen LogP) is 4.77. The van der Waals surface area contributed by atoms with Crippen molar-refractivity contribution in [3.63, 3.8) is 0 Å². The molecular weight excluding hydrogens is 659 g/mol. The van der Waals surface area contributed by atoms with E-state index in [-0.39, 0.29) is 12.3 Å². The van der Waals surface area contributed by atoms with Crippen LogP contribution in [0.2, 0.25) is 0 Å². The zero-order valence-electron chi connectivity index (χ0n) is 25.3. The van der Waals surface area contributed by atoms with Crippen LogP contribution in [-0.2, 0) is 19.1 Å². The highest BCUT2D eigenvalue weighted by Crippen LogP contribution is 2.38. The molecule has 3 rings (SSSR count). The van der Waals surface area contributed by atoms with Gasteiger partial charge in [-0.3, -0.25) is 19.4 Å². The molecule has 0 saturated carbocycles. The van der Waals surface area contributed by atoms with Crippen molar-refractivity contribution < 1.29 is 49.9 Å². The lowest BCUT2D eigenvalue weighted by Crippen LogP contribution is -2.58. The number of hydrogen-bond acceptors (Lipinski definition) is 8. The highest BCUT2D eigenvalue weighted by atomic mass is 32.1. The molecule has 2 aromatic carbocycles. The molecule has 1 aliphatic heterocycles. The molecule has 17 heteroatoms. The molecule has 0 fully saturated rings. The van der Waals surface area contributed by atoms with Crippen molar-refractivity contribution in [1.29, 1.82) is 0 Å². The number of aliphatic imine (C=N–C) groups is 1. The van der Waals surface area contributed by atoms with E-state index in [0.29, 0.717) is 16.8 Å². The van der Waals surface area contributed by atoms with E-state index < -0.39 is 91.1 Å². The molecule has 0 aromatic heterocycles. The van der Waals surface area contributed by atoms with E-state index in [1.165, 1.54) is 18.2 Å². The molecule has 2 amide bonds. The van der Waals surface area contributed by atoms with Gasteiger partial charge < -0.3 is 26.4 Å². The second kappa shape index (κ2) is 15.4. The lowest BCUT2D eigenvalue weighted by Gasteiger charge is -2.34. The van der Waals surface area contributed by atoms with Crippen LogP contribution < -0.4 is 21.7 Å². The number of carbonyl (C=O) groups excluding carboxylic acids is 3. The van der Waals surface area contributed by atoms with Crippen molar-refractivity contribution in [1.82, 2.24) is 10.6 Å². The highest BCUT2D eigenvalue weighted by Gasteiger charge is 2.49. The lowest BCUT2D eigenvalue weighted by molar-refractivity contribution is -0.158. The summed E-state index contributed by atoms with van der Waals surface area (Å²) in [4.78, 5) is 44.2. The van der Waals surface area contributed by atoms with Gasteiger partial charge in [-0.1, -0.05) is 30.3 Å². The zero-order valence-corrected chi connectivity index (χ0v) is 26.2. The molecule has 0 bridgehead atoms. The molecular formula is C30H34F7N5O4S. The second-order valence-electron chi connectivity index (χ2n) is 11.0. The number of halogens is 7. The van der Waals surface area contributed by atoms with Gasteiger partial charge in [-0.2, -0.15) is 39.0 Å². The first-order valence-electron chi connectivity index (χ1n) is 14.3. The van der Waals surface area contributed by atoms with Gasteiger partial charge in [0.25, 0.3) is 0 Å². The van der Waals surface area contributed by atoms with Crippen molar-refractivity contribution in [3.05, 3.63) is 65.0 Å². The lowest BCUT2D eigenvalue weighted by atomic mass is 9.76. The first-order valence-corrected chi connectivity index (χ1v) is 14.8. The molecule has 1 heterocycles. The number of esters is 1. The summed E-state index contributed by atoms with van der Waals surface area (Å²) in [6, 6.07) is 8.88. The first kappa shape index (κ1) is 37.6. The van der Waals surface area contributed by atoms with Gasteiger partial charge in [-0.25, -0.2) is 4.39 Å². The summed E-state index contributed by atoms with van der Waals surface area (Å²) >= 11 is 4.01. The van der Waals surface area contributed by atoms with Gasteiger partial charge >= 0.3 is 18.3 Å². The van der Waals surface area contributed by atoms with Crippen LogP contribution >= 0.6 is 12.6 Å². The maximum atomic E-state index is 14.2. The van der Waals surface area contributed by atoms with Crippen molar-refractivity contribution in [3.8, 4) is 0 Å². The third-order valence-corrected chi connectivity index (χ3v) is 7.99. The Kier molecular flexibility index (Phi) is 12.3. The Bertz CT molecular complexity index is 1490. The van der Waals surface area contributed by atoms with E-state index in [0.717, 1.165) is 12.7 Å². The number of nitrogens with two attached hydrogens (primary N) is 1. The number of fused-ring (bicyclic) bond motifs is 1. The summed E-state index contributed by atoms with van der Waals surface area (Å²) < 4.78 is 98.8. The topological polar surface area (TPSA) is 135 Å². The number of amides is 2. The molecule has 4 atom stereocenters. The van der Waals surface area contributed by atoms with E-state index in [4.69, 9.17) is 5.73 Å². The van der Waals surface area contributed by atoms with Crippen LogP contribution in [0.1, 0.15) is 48.8 Å². The van der Waals surface area contributed by atoms with Crippen LogP contribution in [0.25, 0.3) is 0 Å². The number of carbonyl (C=O) groups is 3. The number of ether oxygens (including phenoxy) is 1. The number of nitrogens with zero attached hydrogens (tertiary/aromatic N) is 1. The minimum atomic E-state index is -4.91. The third kappa shape index (κ3) is 10.1. The highest BCUT2D eigenvalue weighted by molar-refractivity contribution is 7.81. The van der Waals surface area contributed by atoms with Gasteiger partial charge in [0.2, 0.25) is 11.8 Å². The average Bonchev–Trinajstić information content (AvgIpc) is 3.17. The van der Waals surface area contributed by atoms with Gasteiger partial charge in [-0.05, 0) is 43.9 Å². The van der Waals surface area contributed by atoms with Crippen LogP contribution in [0.4, 0.5) is 36.4 Å². The number of hydrogen-bond donors (Lipinski definition) is 5. The van der Waals surface area contributed by atoms with Gasteiger partial charge in [-0.15, -0.1) is 0 Å². The summed E-state index contributed by atoms with van der Waals surface area (Å²) in [7, 11) is 0.974. The molecule has 2 aromatic rings. The number of benzene rings is 2. The number of methoxy groups -OCH3 is 1. The molecule has 1 aliphatic rings. The van der Waals surface area contributed by atoms with E-state index in [2.05, 4.69) is 38.3 Å². The van der Waals surface area contributed by atoms with Crippen molar-refractivity contribution in [2.24, 2.45) is 16.1 Å². The van der Waals surface area contributed by atoms with Gasteiger partial charge in [0, 0.05) is 29.7 Å². The van der Waals surface area contributed by atoms with E-state index >= 15 is 0 Å². The summed E-state index contributed by atoms with van der Waals surface area (Å²) in [6.07, 6.45) is -17.3. The van der Waals surface area contributed by atoms with Crippen molar-refractivity contribution in [2.75, 3.05) is 19.0 Å². The Balaban J connectivity index is 2.08. The molecule has 0 radical (unpaired) electrons. The number of alkyl halides is 6. The second-order valence-corrected chi connectivity index (χ2v) is 11.5. The Morgan fingerprint density at radius 2 is 1.68 bits per heavy atom. The number of para-hydroxylation sites is 1. The van der Waals surface area contributed by atoms with Gasteiger partial charge in [0.05, 0.1) is 24.7 Å². The van der Waals surface area contributed by atoms with Crippen molar-refractivity contribution >= 4 is 41.8 Å². The van der Waals surface area contributed by atoms with Gasteiger partial charge in [0.1, 0.15) is 23.4 Å². The van der Waals surface area contributed by atoms with Crippen molar-refractivity contribution in [2.45, 2.75) is 69.0 Å². The van der Waals surface area contributed by atoms with Crippen LogP contribution in [0, 0.1) is 18.2 Å². The smallest absolute Gasteiger partial charge is 0.389 e. The number of benzodiazepines with no additional fused rings is 1. The number of aryl methyl sites for hydroxylation is 1. The number of nitrogens with one attached hydrogen (secondary N) is 3. The molecule has 0 saturated heterocycles. The quantitative estimate of drug-likeness (QED) is 0.0715. The summed E-state index contributed by atoms with van der Waals surface area (Å²) in [5.74, 6) is -4.45. The Morgan fingerprint density at radius 3 is 2.30 bits per heavy atom. The fraction of sp³-hybridized carbons (Fsp3) is 0.467. The Labute approximate surface area is 271 Å². The summed E-state index contributed by atoms with van der Waals surface area (Å²) in [5.41, 5.74) is 5.24. The van der Waals surface area contributed by atoms with Crippen LogP contribution in [0.15, 0.2) is 47.5 Å². The monoisotopic (exact) mass is 693 g/mol. The first-order chi connectivity index (χ1) is 21.9. The maximum absolute atomic E-state index is 14.2. The molecule has 5 N–H and O–H groups in total. The van der Waals surface area contributed by atoms with Crippen LogP contribution in [0.3, 0.4) is 0 Å². The van der Waals surface area contributed by atoms with Gasteiger partial charge in [0.15, 0.2) is 0 Å². The fourth-order valence-electron chi connectivity index (χ4n) is 5.06. The van der Waals surface area contributed by atoms with E-state index in [9.17, 15) is 45.1 Å². The molecule has 9 nitrogen and oxygen atoms in total. The largest absolute Gasteiger partial charge is 0.468 e. The Hall–Kier alpha value is -3.86. The number of rotatable bonds is 12. The summed E-state index contributed by atoms with van der Waals surface area (Å²) in [5, 5.41) is 6.04. The molecule has 0 aliphatic carbocycles. The number of anilines is 1. The molecule has 47 heavy (non-hydrogen) atoms. The predicted molar refractivity (Wildman–Crippen MR) is 162 cm³/mol. The average molecular weight is 694 g/mol. The van der Waals surface area contributed by atoms with E-state index in [1.54, 1.807) is 31.2 Å². The minimum Gasteiger partial charge on any atom is -0.468 e. The molecule has 258 valence electrons. The summed E-state index contributed by atoms with van der Waals surface area (Å²) in [6.45, 7) is 1.61. The van der Waals surface area contributed by atoms with Crippen LogP contribution in [-0.4, -0.2) is 67.1 Å². The number of thiol groups is 1. The van der Waals surface area contributed by atoms with E-state index in [1.807, 2.05) is 0 Å². The minimum absolute atomic E-state index is 0.162. The maximum Gasteiger partial charge on any atom is 0.389 e. The standard InChI is InChI=1S/C30H34F7N5O4S/c1-16-6-3-9-19-22(16)39-15-20(40-23(19)17-7-4-8-18(31)14-17)41-26(44)28(12-13-30(35,36)37,10-5-11-29(32,33)34)27(45)42-24(47)21(38)25(43)46-2/h3-4,6-9,14,20-21,24,39,47H,5,10-13,15,38H2,1-2H3,(H,41,44)(H,42,45)/t20-,21-,24-,28-/m0/s1. The molecule has 0 spiro atoms. The normalized spacial score (nSPS) is 17.5. The van der Waals surface area contributed by atoms with Crippen LogP contribution in [0.5, 0.6) is 0 Å². The SMILES string of the molecule is COC(=O)[C@@H](N)[C@H](S)NC(=O)[C@@](CCCC(F)(F)F)(CCC(F)(F)F)C(=O)N[C@H]1CNc2c(C)cccc2C(c2cccc(F)c2)=N1. The molecule has 0 unspecified atom stereocenters. The Morgan fingerprint density at radius 1 is 1.02 bits per heavy atom. The third-order valence-electron chi connectivity index (χ3n) is 7.54. The fourth-order valence-corrected chi connectivity index (χ4v) is 5.30.